The van der Waals surface area contributed by atoms with Gasteiger partial charge in [-0.2, -0.15) is 0 Å². The number of anilines is 3. The zero-order chi connectivity index (χ0) is 24.1. The molecule has 4 rings (SSSR count). The minimum Gasteiger partial charge on any atom is -0.345 e. The molecule has 0 aliphatic rings. The molecule has 7 nitrogen and oxygen atoms in total. The number of benzene rings is 2. The first kappa shape index (κ1) is 22.6. The van der Waals surface area contributed by atoms with Gasteiger partial charge in [0.05, 0.1) is 23.8 Å². The van der Waals surface area contributed by atoms with Gasteiger partial charge in [0.25, 0.3) is 11.8 Å². The molecule has 170 valence electrons. The van der Waals surface area contributed by atoms with Crippen LogP contribution < -0.4 is 10.6 Å². The second kappa shape index (κ2) is 9.91. The molecule has 0 aliphatic heterocycles. The molecular weight excluding hydrogens is 433 g/mol. The quantitative estimate of drug-likeness (QED) is 0.428. The van der Waals surface area contributed by atoms with Gasteiger partial charge in [-0.25, -0.2) is 9.37 Å². The van der Waals surface area contributed by atoms with Crippen LogP contribution in [0.25, 0.3) is 11.1 Å². The maximum absolute atomic E-state index is 13.4. The molecule has 4 aromatic rings. The summed E-state index contributed by atoms with van der Waals surface area (Å²) in [5, 5.41) is 5.85. The Bertz CT molecular complexity index is 1320. The van der Waals surface area contributed by atoms with Crippen molar-refractivity contribution in [2.75, 3.05) is 24.7 Å². The molecule has 8 heteroatoms. The Morgan fingerprint density at radius 3 is 2.24 bits per heavy atom. The van der Waals surface area contributed by atoms with Crippen molar-refractivity contribution in [3.63, 3.8) is 0 Å². The molecule has 34 heavy (non-hydrogen) atoms. The van der Waals surface area contributed by atoms with E-state index in [0.29, 0.717) is 22.8 Å². The Morgan fingerprint density at radius 1 is 0.824 bits per heavy atom. The van der Waals surface area contributed by atoms with E-state index in [1.165, 1.54) is 35.4 Å². The van der Waals surface area contributed by atoms with Crippen LogP contribution in [0.2, 0.25) is 0 Å². The van der Waals surface area contributed by atoms with Crippen molar-refractivity contribution in [2.24, 2.45) is 0 Å². The van der Waals surface area contributed by atoms with Crippen LogP contribution in [0, 0.1) is 5.82 Å². The minimum atomic E-state index is -0.478. The molecule has 0 atom stereocenters. The highest BCUT2D eigenvalue weighted by atomic mass is 19.1. The number of halogens is 1. The molecule has 2 heterocycles. The smallest absolute Gasteiger partial charge is 0.255 e. The van der Waals surface area contributed by atoms with Crippen LogP contribution in [-0.2, 0) is 0 Å². The molecule has 0 bridgehead atoms. The summed E-state index contributed by atoms with van der Waals surface area (Å²) >= 11 is 0. The Labute approximate surface area is 196 Å². The van der Waals surface area contributed by atoms with Gasteiger partial charge in [0.15, 0.2) is 0 Å². The molecule has 2 amide bonds. The van der Waals surface area contributed by atoms with E-state index >= 15 is 0 Å². The van der Waals surface area contributed by atoms with E-state index in [2.05, 4.69) is 20.6 Å². The van der Waals surface area contributed by atoms with Crippen LogP contribution in [0.3, 0.4) is 0 Å². The van der Waals surface area contributed by atoms with E-state index in [0.717, 1.165) is 11.1 Å². The van der Waals surface area contributed by atoms with Crippen molar-refractivity contribution in [2.45, 2.75) is 0 Å². The van der Waals surface area contributed by atoms with Crippen LogP contribution in [-0.4, -0.2) is 40.8 Å². The number of nitrogens with zero attached hydrogens (tertiary/aromatic N) is 3. The van der Waals surface area contributed by atoms with Crippen molar-refractivity contribution >= 4 is 29.0 Å². The number of carbonyl (C=O) groups excluding carboxylic acids is 2. The normalized spacial score (nSPS) is 10.4. The number of aromatic nitrogens is 2. The lowest BCUT2D eigenvalue weighted by molar-refractivity contribution is 0.0827. The summed E-state index contributed by atoms with van der Waals surface area (Å²) in [5.41, 5.74) is 3.78. The summed E-state index contributed by atoms with van der Waals surface area (Å²) in [6.07, 6.45) is 4.84. The first-order valence-corrected chi connectivity index (χ1v) is 10.5. The molecule has 0 aliphatic carbocycles. The number of rotatable bonds is 6. The SMILES string of the molecule is CN(C)C(=O)c1ccc(-c2ccc(Nc3cncc(NC(=O)c4cccc(F)c4)c3)nc2)cc1. The Hall–Kier alpha value is -4.59. The van der Waals surface area contributed by atoms with Crippen LogP contribution in [0.4, 0.5) is 21.6 Å². The fraction of sp³-hybridized carbons (Fsp3) is 0.0769. The van der Waals surface area contributed by atoms with Crippen molar-refractivity contribution in [3.8, 4) is 11.1 Å². The molecule has 0 fully saturated rings. The molecular formula is C26H22FN5O2. The number of nitrogens with one attached hydrogen (secondary N) is 2. The fourth-order valence-corrected chi connectivity index (χ4v) is 3.26. The van der Waals surface area contributed by atoms with E-state index in [4.69, 9.17) is 0 Å². The third-order valence-corrected chi connectivity index (χ3v) is 4.99. The highest BCUT2D eigenvalue weighted by molar-refractivity contribution is 6.04. The summed E-state index contributed by atoms with van der Waals surface area (Å²) in [6, 6.07) is 18.3. The number of carbonyl (C=O) groups is 2. The van der Waals surface area contributed by atoms with Crippen LogP contribution in [0.5, 0.6) is 0 Å². The Kier molecular flexibility index (Phi) is 6.59. The first-order valence-electron chi connectivity index (χ1n) is 10.5. The largest absolute Gasteiger partial charge is 0.345 e. The third-order valence-electron chi connectivity index (χ3n) is 4.99. The van der Waals surface area contributed by atoms with Gasteiger partial charge in [0.1, 0.15) is 11.6 Å². The number of amides is 2. The molecule has 0 unspecified atom stereocenters. The lowest BCUT2D eigenvalue weighted by Crippen LogP contribution is -2.21. The average molecular weight is 455 g/mol. The van der Waals surface area contributed by atoms with Crippen molar-refractivity contribution in [3.05, 3.63) is 102 Å². The van der Waals surface area contributed by atoms with Crippen molar-refractivity contribution in [1.82, 2.24) is 14.9 Å². The van der Waals surface area contributed by atoms with E-state index in [-0.39, 0.29) is 11.5 Å². The standard InChI is InChI=1S/C26H22FN5O2/c1-32(2)26(34)18-8-6-17(7-9-18)20-10-11-24(29-14-20)30-22-13-23(16-28-15-22)31-25(33)19-4-3-5-21(27)12-19/h3-16H,1-2H3,(H,29,30)(H,31,33). The second-order valence-corrected chi connectivity index (χ2v) is 7.76. The zero-order valence-electron chi connectivity index (χ0n) is 18.6. The van der Waals surface area contributed by atoms with E-state index in [1.54, 1.807) is 44.7 Å². The fourth-order valence-electron chi connectivity index (χ4n) is 3.26. The van der Waals surface area contributed by atoms with Gasteiger partial charge in [-0.1, -0.05) is 18.2 Å². The highest BCUT2D eigenvalue weighted by Crippen LogP contribution is 2.23. The number of pyridine rings is 2. The van der Waals surface area contributed by atoms with Gasteiger partial charge < -0.3 is 15.5 Å². The van der Waals surface area contributed by atoms with Gasteiger partial charge in [-0.15, -0.1) is 0 Å². The van der Waals surface area contributed by atoms with Crippen LogP contribution in [0.1, 0.15) is 20.7 Å². The summed E-state index contributed by atoms with van der Waals surface area (Å²) in [6.45, 7) is 0. The molecule has 0 spiro atoms. The molecule has 2 aromatic carbocycles. The van der Waals surface area contributed by atoms with Crippen LogP contribution >= 0.6 is 0 Å². The minimum absolute atomic E-state index is 0.0489. The number of hydrogen-bond donors (Lipinski definition) is 2. The predicted molar refractivity (Wildman–Crippen MR) is 130 cm³/mol. The predicted octanol–water partition coefficient (Wildman–Crippen LogP) is 4.98. The first-order chi connectivity index (χ1) is 16.4. The summed E-state index contributed by atoms with van der Waals surface area (Å²) < 4.78 is 13.4. The maximum atomic E-state index is 13.4. The van der Waals surface area contributed by atoms with Crippen molar-refractivity contribution < 1.29 is 14.0 Å². The van der Waals surface area contributed by atoms with Crippen LogP contribution in [0.15, 0.2) is 85.3 Å². The molecule has 2 aromatic heterocycles. The maximum Gasteiger partial charge on any atom is 0.255 e. The number of hydrogen-bond acceptors (Lipinski definition) is 5. The van der Waals surface area contributed by atoms with Gasteiger partial charge in [0.2, 0.25) is 0 Å². The second-order valence-electron chi connectivity index (χ2n) is 7.76. The van der Waals surface area contributed by atoms with E-state index in [9.17, 15) is 14.0 Å². The third kappa shape index (κ3) is 5.42. The van der Waals surface area contributed by atoms with Gasteiger partial charge in [-0.05, 0) is 54.1 Å². The topological polar surface area (TPSA) is 87.2 Å². The summed E-state index contributed by atoms with van der Waals surface area (Å²) in [4.78, 5) is 34.5. The zero-order valence-corrected chi connectivity index (χ0v) is 18.6. The molecule has 0 saturated carbocycles. The summed E-state index contributed by atoms with van der Waals surface area (Å²) in [7, 11) is 3.44. The molecule has 0 saturated heterocycles. The highest BCUT2D eigenvalue weighted by Gasteiger charge is 2.09. The van der Waals surface area contributed by atoms with E-state index in [1.807, 2.05) is 24.3 Å². The van der Waals surface area contributed by atoms with Gasteiger partial charge in [-0.3, -0.25) is 14.6 Å². The van der Waals surface area contributed by atoms with Crippen molar-refractivity contribution in [1.29, 1.82) is 0 Å². The lowest BCUT2D eigenvalue weighted by atomic mass is 10.1. The average Bonchev–Trinajstić information content (AvgIpc) is 2.84. The Morgan fingerprint density at radius 2 is 1.56 bits per heavy atom. The monoisotopic (exact) mass is 455 g/mol. The van der Waals surface area contributed by atoms with E-state index < -0.39 is 11.7 Å². The van der Waals surface area contributed by atoms with Gasteiger partial charge in [0, 0.05) is 37.0 Å². The molecule has 2 N–H and O–H groups in total. The van der Waals surface area contributed by atoms with Gasteiger partial charge >= 0.3 is 0 Å². The lowest BCUT2D eigenvalue weighted by Gasteiger charge is -2.11. The summed E-state index contributed by atoms with van der Waals surface area (Å²) in [5.74, 6) is -0.362. The molecule has 0 radical (unpaired) electrons. The Balaban J connectivity index is 1.42.